The van der Waals surface area contributed by atoms with E-state index < -0.39 is 0 Å². The minimum Gasteiger partial charge on any atom is -0.348 e. The standard InChI is InChI=1S/C16H21N3/c1-12-5-3-7-14(18-12)10-19-9-13-6-4-8-16(17-2)15(13)11-19/h3,5,7,9,11,16-17H,4,6,8,10H2,1-2H3. The van der Waals surface area contributed by atoms with Gasteiger partial charge in [0.2, 0.25) is 0 Å². The summed E-state index contributed by atoms with van der Waals surface area (Å²) >= 11 is 0. The summed E-state index contributed by atoms with van der Waals surface area (Å²) in [6.07, 6.45) is 8.33. The number of nitrogens with zero attached hydrogens (tertiary/aromatic N) is 2. The Bertz CT molecular complexity index is 571. The maximum atomic E-state index is 4.58. The van der Waals surface area contributed by atoms with Gasteiger partial charge in [0.15, 0.2) is 0 Å². The van der Waals surface area contributed by atoms with Gasteiger partial charge in [-0.3, -0.25) is 4.98 Å². The van der Waals surface area contributed by atoms with Gasteiger partial charge >= 0.3 is 0 Å². The minimum atomic E-state index is 0.524. The van der Waals surface area contributed by atoms with Gasteiger partial charge in [-0.2, -0.15) is 0 Å². The van der Waals surface area contributed by atoms with E-state index in [1.807, 2.05) is 13.0 Å². The van der Waals surface area contributed by atoms with Gasteiger partial charge in [0.05, 0.1) is 12.2 Å². The minimum absolute atomic E-state index is 0.524. The Morgan fingerprint density at radius 2 is 2.26 bits per heavy atom. The molecule has 3 nitrogen and oxygen atoms in total. The summed E-state index contributed by atoms with van der Waals surface area (Å²) < 4.78 is 2.28. The lowest BCUT2D eigenvalue weighted by molar-refractivity contribution is 0.498. The number of hydrogen-bond donors (Lipinski definition) is 1. The number of pyridine rings is 1. The van der Waals surface area contributed by atoms with Gasteiger partial charge < -0.3 is 9.88 Å². The summed E-state index contributed by atoms with van der Waals surface area (Å²) in [5, 5.41) is 3.42. The Labute approximate surface area is 114 Å². The first-order valence-electron chi connectivity index (χ1n) is 7.04. The predicted molar refractivity (Wildman–Crippen MR) is 77.2 cm³/mol. The number of fused-ring (bicyclic) bond motifs is 1. The molecule has 2 heterocycles. The highest BCUT2D eigenvalue weighted by molar-refractivity contribution is 5.30. The van der Waals surface area contributed by atoms with Crippen LogP contribution in [0.3, 0.4) is 0 Å². The lowest BCUT2D eigenvalue weighted by atomic mass is 9.91. The van der Waals surface area contributed by atoms with E-state index in [-0.39, 0.29) is 0 Å². The van der Waals surface area contributed by atoms with Crippen LogP contribution in [0.1, 0.15) is 41.4 Å². The molecule has 0 saturated heterocycles. The van der Waals surface area contributed by atoms with E-state index in [2.05, 4.69) is 46.4 Å². The van der Waals surface area contributed by atoms with Gasteiger partial charge in [-0.05, 0) is 56.5 Å². The van der Waals surface area contributed by atoms with Crippen LogP contribution in [0.2, 0.25) is 0 Å². The molecule has 19 heavy (non-hydrogen) atoms. The fourth-order valence-electron chi connectivity index (χ4n) is 3.01. The number of nitrogens with one attached hydrogen (secondary N) is 1. The highest BCUT2D eigenvalue weighted by Gasteiger charge is 2.20. The van der Waals surface area contributed by atoms with Crippen molar-refractivity contribution in [3.63, 3.8) is 0 Å². The third-order valence-electron chi connectivity index (χ3n) is 3.95. The van der Waals surface area contributed by atoms with Crippen LogP contribution in [-0.2, 0) is 13.0 Å². The molecule has 3 heteroatoms. The second-order valence-corrected chi connectivity index (χ2v) is 5.41. The predicted octanol–water partition coefficient (Wildman–Crippen LogP) is 2.84. The molecule has 3 rings (SSSR count). The van der Waals surface area contributed by atoms with E-state index in [4.69, 9.17) is 0 Å². The molecule has 1 unspecified atom stereocenters. The van der Waals surface area contributed by atoms with Crippen molar-refractivity contribution in [2.75, 3.05) is 7.05 Å². The molecule has 0 bridgehead atoms. The Morgan fingerprint density at radius 1 is 1.37 bits per heavy atom. The van der Waals surface area contributed by atoms with Crippen molar-refractivity contribution < 1.29 is 0 Å². The van der Waals surface area contributed by atoms with Crippen LogP contribution < -0.4 is 5.32 Å². The van der Waals surface area contributed by atoms with Gasteiger partial charge in [0.1, 0.15) is 0 Å². The van der Waals surface area contributed by atoms with Crippen molar-refractivity contribution in [2.24, 2.45) is 0 Å². The van der Waals surface area contributed by atoms with Crippen molar-refractivity contribution in [3.05, 3.63) is 53.1 Å². The molecular weight excluding hydrogens is 234 g/mol. The van der Waals surface area contributed by atoms with Crippen LogP contribution in [0.25, 0.3) is 0 Å². The number of aromatic nitrogens is 2. The third kappa shape index (κ3) is 2.56. The highest BCUT2D eigenvalue weighted by atomic mass is 15.0. The molecular formula is C16H21N3. The summed E-state index contributed by atoms with van der Waals surface area (Å²) in [4.78, 5) is 4.58. The summed E-state index contributed by atoms with van der Waals surface area (Å²) in [5.41, 5.74) is 5.19. The summed E-state index contributed by atoms with van der Waals surface area (Å²) in [7, 11) is 2.05. The van der Waals surface area contributed by atoms with E-state index in [0.717, 1.165) is 17.9 Å². The van der Waals surface area contributed by atoms with Crippen LogP contribution in [0.4, 0.5) is 0 Å². The molecule has 0 spiro atoms. The fourth-order valence-corrected chi connectivity index (χ4v) is 3.01. The van der Waals surface area contributed by atoms with Gasteiger partial charge in [-0.1, -0.05) is 6.07 Å². The number of hydrogen-bond acceptors (Lipinski definition) is 2. The summed E-state index contributed by atoms with van der Waals surface area (Å²) in [5.74, 6) is 0. The van der Waals surface area contributed by atoms with Gasteiger partial charge in [-0.15, -0.1) is 0 Å². The zero-order valence-electron chi connectivity index (χ0n) is 11.7. The van der Waals surface area contributed by atoms with Crippen molar-refractivity contribution in [1.29, 1.82) is 0 Å². The van der Waals surface area contributed by atoms with Crippen LogP contribution in [0.15, 0.2) is 30.6 Å². The first kappa shape index (κ1) is 12.4. The second kappa shape index (κ2) is 5.17. The lowest BCUT2D eigenvalue weighted by Crippen LogP contribution is -2.20. The molecule has 2 aromatic heterocycles. The molecule has 0 amide bonds. The van der Waals surface area contributed by atoms with Crippen molar-refractivity contribution in [3.8, 4) is 0 Å². The van der Waals surface area contributed by atoms with E-state index in [9.17, 15) is 0 Å². The fraction of sp³-hybridized carbons (Fsp3) is 0.438. The van der Waals surface area contributed by atoms with E-state index in [1.54, 1.807) is 0 Å². The molecule has 0 aromatic carbocycles. The Morgan fingerprint density at radius 3 is 3.05 bits per heavy atom. The number of rotatable bonds is 3. The van der Waals surface area contributed by atoms with Crippen molar-refractivity contribution in [1.82, 2.24) is 14.9 Å². The third-order valence-corrected chi connectivity index (χ3v) is 3.95. The monoisotopic (exact) mass is 255 g/mol. The molecule has 1 aliphatic rings. The molecule has 0 radical (unpaired) electrons. The second-order valence-electron chi connectivity index (χ2n) is 5.41. The molecule has 0 saturated carbocycles. The quantitative estimate of drug-likeness (QED) is 0.914. The molecule has 2 aromatic rings. The summed E-state index contributed by atoms with van der Waals surface area (Å²) in [6.45, 7) is 2.91. The molecule has 0 fully saturated rings. The largest absolute Gasteiger partial charge is 0.348 e. The SMILES string of the molecule is CNC1CCCc2cn(Cc3cccc(C)n3)cc21. The summed E-state index contributed by atoms with van der Waals surface area (Å²) in [6, 6.07) is 6.75. The maximum absolute atomic E-state index is 4.58. The Balaban J connectivity index is 1.85. The van der Waals surface area contributed by atoms with Crippen LogP contribution in [0.5, 0.6) is 0 Å². The average molecular weight is 255 g/mol. The van der Waals surface area contributed by atoms with E-state index in [1.165, 1.54) is 30.4 Å². The Hall–Kier alpha value is -1.61. The van der Waals surface area contributed by atoms with Gasteiger partial charge in [0.25, 0.3) is 0 Å². The average Bonchev–Trinajstić information content (AvgIpc) is 2.80. The zero-order chi connectivity index (χ0) is 13.2. The first-order valence-corrected chi connectivity index (χ1v) is 7.04. The number of aryl methyl sites for hydroxylation is 2. The highest BCUT2D eigenvalue weighted by Crippen LogP contribution is 2.30. The molecule has 1 N–H and O–H groups in total. The van der Waals surface area contributed by atoms with Crippen molar-refractivity contribution in [2.45, 2.75) is 38.8 Å². The van der Waals surface area contributed by atoms with Crippen molar-refractivity contribution >= 4 is 0 Å². The molecule has 0 aliphatic heterocycles. The normalized spacial score (nSPS) is 18.3. The zero-order valence-corrected chi connectivity index (χ0v) is 11.7. The molecule has 1 atom stereocenters. The maximum Gasteiger partial charge on any atom is 0.0643 e. The van der Waals surface area contributed by atoms with Gasteiger partial charge in [-0.25, -0.2) is 0 Å². The van der Waals surface area contributed by atoms with E-state index >= 15 is 0 Å². The Kier molecular flexibility index (Phi) is 3.38. The van der Waals surface area contributed by atoms with Crippen LogP contribution in [0, 0.1) is 6.92 Å². The molecule has 100 valence electrons. The topological polar surface area (TPSA) is 29.9 Å². The molecule has 1 aliphatic carbocycles. The first-order chi connectivity index (χ1) is 9.26. The van der Waals surface area contributed by atoms with Gasteiger partial charge in [0, 0.05) is 24.1 Å². The smallest absolute Gasteiger partial charge is 0.0643 e. The van der Waals surface area contributed by atoms with E-state index in [0.29, 0.717) is 6.04 Å². The van der Waals surface area contributed by atoms with Crippen LogP contribution >= 0.6 is 0 Å². The lowest BCUT2D eigenvalue weighted by Gasteiger charge is -2.21. The van der Waals surface area contributed by atoms with Crippen LogP contribution in [-0.4, -0.2) is 16.6 Å².